The van der Waals surface area contributed by atoms with E-state index in [0.717, 1.165) is 13.1 Å². The SMILES string of the molecule is O=C(CCn1ccnn1)NC1C2CNCC21. The number of carbonyl (C=O) groups excluding carboxylic acids is 1. The van der Waals surface area contributed by atoms with Crippen molar-refractivity contribution < 1.29 is 4.79 Å². The highest BCUT2D eigenvalue weighted by molar-refractivity contribution is 5.76. The highest BCUT2D eigenvalue weighted by Crippen LogP contribution is 2.41. The molecule has 0 spiro atoms. The number of amides is 1. The molecule has 1 aliphatic heterocycles. The summed E-state index contributed by atoms with van der Waals surface area (Å²) in [6.07, 6.45) is 3.87. The first-order chi connectivity index (χ1) is 7.84. The monoisotopic (exact) mass is 221 g/mol. The minimum absolute atomic E-state index is 0.120. The van der Waals surface area contributed by atoms with Crippen molar-refractivity contribution in [3.63, 3.8) is 0 Å². The molecule has 1 aliphatic carbocycles. The highest BCUT2D eigenvalue weighted by atomic mass is 16.1. The van der Waals surface area contributed by atoms with Gasteiger partial charge in [0.15, 0.2) is 0 Å². The number of hydrogen-bond donors (Lipinski definition) is 2. The Balaban J connectivity index is 1.41. The van der Waals surface area contributed by atoms with E-state index in [1.54, 1.807) is 17.1 Å². The van der Waals surface area contributed by atoms with Gasteiger partial charge < -0.3 is 10.6 Å². The molecule has 6 heteroatoms. The summed E-state index contributed by atoms with van der Waals surface area (Å²) in [6.45, 7) is 2.71. The molecule has 0 bridgehead atoms. The van der Waals surface area contributed by atoms with Gasteiger partial charge in [-0.25, -0.2) is 0 Å². The quantitative estimate of drug-likeness (QED) is 0.684. The molecule has 2 aliphatic rings. The molecule has 1 saturated carbocycles. The Bertz CT molecular complexity index is 367. The maximum absolute atomic E-state index is 11.6. The highest BCUT2D eigenvalue weighted by Gasteiger charge is 2.53. The van der Waals surface area contributed by atoms with E-state index in [4.69, 9.17) is 0 Å². The van der Waals surface area contributed by atoms with Crippen LogP contribution in [0.2, 0.25) is 0 Å². The van der Waals surface area contributed by atoms with Crippen LogP contribution in [0.25, 0.3) is 0 Å². The largest absolute Gasteiger partial charge is 0.353 e. The molecule has 2 unspecified atom stereocenters. The lowest BCUT2D eigenvalue weighted by Gasteiger charge is -2.07. The standard InChI is InChI=1S/C10H15N5O/c16-9(1-3-15-4-2-12-14-15)13-10-7-5-11-6-8(7)10/h2,4,7-8,10-11H,1,3,5-6H2,(H,13,16). The van der Waals surface area contributed by atoms with E-state index >= 15 is 0 Å². The molecule has 0 aromatic carbocycles. The topological polar surface area (TPSA) is 71.8 Å². The first-order valence-electron chi connectivity index (χ1n) is 5.69. The van der Waals surface area contributed by atoms with Crippen molar-refractivity contribution in [3.05, 3.63) is 12.4 Å². The van der Waals surface area contributed by atoms with Crippen LogP contribution in [0.3, 0.4) is 0 Å². The smallest absolute Gasteiger partial charge is 0.222 e. The maximum atomic E-state index is 11.6. The van der Waals surface area contributed by atoms with Crippen molar-refractivity contribution in [2.45, 2.75) is 19.0 Å². The van der Waals surface area contributed by atoms with Gasteiger partial charge in [0.05, 0.1) is 12.7 Å². The summed E-state index contributed by atoms with van der Waals surface area (Å²) in [7, 11) is 0. The molecule has 16 heavy (non-hydrogen) atoms. The second-order valence-electron chi connectivity index (χ2n) is 4.50. The first kappa shape index (κ1) is 9.77. The van der Waals surface area contributed by atoms with Crippen LogP contribution in [0.15, 0.2) is 12.4 Å². The van der Waals surface area contributed by atoms with Gasteiger partial charge in [0.2, 0.25) is 5.91 Å². The molecule has 0 radical (unpaired) electrons. The molecular weight excluding hydrogens is 206 g/mol. The Kier molecular flexibility index (Phi) is 2.36. The van der Waals surface area contributed by atoms with Gasteiger partial charge in [-0.05, 0) is 11.8 Å². The third kappa shape index (κ3) is 1.80. The number of hydrogen-bond acceptors (Lipinski definition) is 4. The van der Waals surface area contributed by atoms with Gasteiger partial charge in [0.25, 0.3) is 0 Å². The van der Waals surface area contributed by atoms with Gasteiger partial charge >= 0.3 is 0 Å². The summed E-state index contributed by atoms with van der Waals surface area (Å²) in [5.74, 6) is 1.47. The predicted molar refractivity (Wildman–Crippen MR) is 56.4 cm³/mol. The van der Waals surface area contributed by atoms with E-state index < -0.39 is 0 Å². The number of rotatable bonds is 4. The predicted octanol–water partition coefficient (Wildman–Crippen LogP) is -0.998. The maximum Gasteiger partial charge on any atom is 0.222 e. The molecule has 2 atom stereocenters. The second kappa shape index (κ2) is 3.86. The van der Waals surface area contributed by atoms with Gasteiger partial charge in [-0.2, -0.15) is 0 Å². The van der Waals surface area contributed by atoms with Crippen LogP contribution in [-0.2, 0) is 11.3 Å². The molecule has 2 fully saturated rings. The lowest BCUT2D eigenvalue weighted by atomic mass is 10.3. The summed E-state index contributed by atoms with van der Waals surface area (Å²) in [5, 5.41) is 13.9. The fourth-order valence-electron chi connectivity index (χ4n) is 2.46. The fraction of sp³-hybridized carbons (Fsp3) is 0.700. The Hall–Kier alpha value is -1.43. The number of nitrogens with one attached hydrogen (secondary N) is 2. The number of carbonyl (C=O) groups is 1. The zero-order valence-corrected chi connectivity index (χ0v) is 8.97. The van der Waals surface area contributed by atoms with Gasteiger partial charge in [0, 0.05) is 31.7 Å². The fourth-order valence-corrected chi connectivity index (χ4v) is 2.46. The van der Waals surface area contributed by atoms with Gasteiger partial charge in [0.1, 0.15) is 0 Å². The molecule has 3 rings (SSSR count). The number of piperidine rings is 1. The third-order valence-corrected chi connectivity index (χ3v) is 3.46. The van der Waals surface area contributed by atoms with Crippen LogP contribution in [0, 0.1) is 11.8 Å². The Labute approximate surface area is 93.4 Å². The van der Waals surface area contributed by atoms with Crippen molar-refractivity contribution in [2.24, 2.45) is 11.8 Å². The summed E-state index contributed by atoms with van der Waals surface area (Å²) in [4.78, 5) is 11.6. The van der Waals surface area contributed by atoms with E-state index in [0.29, 0.717) is 30.8 Å². The molecule has 1 saturated heterocycles. The van der Waals surface area contributed by atoms with Crippen LogP contribution >= 0.6 is 0 Å². The average Bonchev–Trinajstić information content (AvgIpc) is 2.80. The van der Waals surface area contributed by atoms with Crippen molar-refractivity contribution in [3.8, 4) is 0 Å². The Morgan fingerprint density at radius 2 is 2.31 bits per heavy atom. The van der Waals surface area contributed by atoms with E-state index in [1.807, 2.05) is 0 Å². The molecule has 1 amide bonds. The summed E-state index contributed by atoms with van der Waals surface area (Å²) >= 11 is 0. The molecular formula is C10H15N5O. The Morgan fingerprint density at radius 3 is 3.00 bits per heavy atom. The zero-order chi connectivity index (χ0) is 11.0. The van der Waals surface area contributed by atoms with Gasteiger partial charge in [-0.3, -0.25) is 9.48 Å². The van der Waals surface area contributed by atoms with E-state index in [9.17, 15) is 4.79 Å². The van der Waals surface area contributed by atoms with Crippen molar-refractivity contribution in [2.75, 3.05) is 13.1 Å². The zero-order valence-electron chi connectivity index (χ0n) is 8.97. The van der Waals surface area contributed by atoms with Crippen LogP contribution < -0.4 is 10.6 Å². The molecule has 2 heterocycles. The Morgan fingerprint density at radius 1 is 1.50 bits per heavy atom. The van der Waals surface area contributed by atoms with Crippen LogP contribution in [0.5, 0.6) is 0 Å². The number of aryl methyl sites for hydroxylation is 1. The number of fused-ring (bicyclic) bond motifs is 1. The van der Waals surface area contributed by atoms with E-state index in [2.05, 4.69) is 20.9 Å². The van der Waals surface area contributed by atoms with Crippen molar-refractivity contribution in [1.29, 1.82) is 0 Å². The normalized spacial score (nSPS) is 31.1. The van der Waals surface area contributed by atoms with Gasteiger partial charge in [-0.1, -0.05) is 5.21 Å². The molecule has 2 N–H and O–H groups in total. The average molecular weight is 221 g/mol. The van der Waals surface area contributed by atoms with Crippen LogP contribution in [0.4, 0.5) is 0 Å². The minimum Gasteiger partial charge on any atom is -0.353 e. The molecule has 1 aromatic heterocycles. The number of nitrogens with zero attached hydrogens (tertiary/aromatic N) is 3. The lowest BCUT2D eigenvalue weighted by Crippen LogP contribution is -2.32. The summed E-state index contributed by atoms with van der Waals surface area (Å²) < 4.78 is 1.68. The molecule has 6 nitrogen and oxygen atoms in total. The second-order valence-corrected chi connectivity index (χ2v) is 4.50. The summed E-state index contributed by atoms with van der Waals surface area (Å²) in [6, 6.07) is 0.421. The van der Waals surface area contributed by atoms with Crippen LogP contribution in [0.1, 0.15) is 6.42 Å². The minimum atomic E-state index is 0.120. The summed E-state index contributed by atoms with van der Waals surface area (Å²) in [5.41, 5.74) is 0. The van der Waals surface area contributed by atoms with Gasteiger partial charge in [-0.15, -0.1) is 5.10 Å². The van der Waals surface area contributed by atoms with E-state index in [1.165, 1.54) is 0 Å². The lowest BCUT2D eigenvalue weighted by molar-refractivity contribution is -0.121. The molecule has 1 aromatic rings. The first-order valence-corrected chi connectivity index (χ1v) is 5.69. The van der Waals surface area contributed by atoms with Crippen molar-refractivity contribution in [1.82, 2.24) is 25.6 Å². The molecule has 86 valence electrons. The third-order valence-electron chi connectivity index (χ3n) is 3.46. The van der Waals surface area contributed by atoms with Crippen molar-refractivity contribution >= 4 is 5.91 Å². The van der Waals surface area contributed by atoms with Crippen LogP contribution in [-0.4, -0.2) is 40.0 Å². The van der Waals surface area contributed by atoms with E-state index in [-0.39, 0.29) is 5.91 Å². The number of aromatic nitrogens is 3.